The molecule has 0 radical (unpaired) electrons. The fourth-order valence-corrected chi connectivity index (χ4v) is 5.06. The molecule has 0 unspecified atom stereocenters. The Balaban J connectivity index is 1.43. The van der Waals surface area contributed by atoms with Crippen LogP contribution in [-0.4, -0.2) is 43.5 Å². The molecule has 2 aromatic rings. The summed E-state index contributed by atoms with van der Waals surface area (Å²) in [7, 11) is 0. The first-order chi connectivity index (χ1) is 15.2. The summed E-state index contributed by atoms with van der Waals surface area (Å²) in [6, 6.07) is 14.7. The van der Waals surface area contributed by atoms with Crippen molar-refractivity contribution in [1.82, 2.24) is 20.1 Å². The molecular weight excluding hydrogens is 491 g/mol. The lowest BCUT2D eigenvalue weighted by Crippen LogP contribution is -2.60. The third kappa shape index (κ3) is 5.39. The van der Waals surface area contributed by atoms with E-state index in [9.17, 15) is 9.59 Å². The molecule has 0 aliphatic carbocycles. The van der Waals surface area contributed by atoms with Crippen molar-refractivity contribution in [2.45, 2.75) is 35.3 Å². The van der Waals surface area contributed by atoms with E-state index in [2.05, 4.69) is 10.6 Å². The standard InChI is InChI=1S/C22H23Cl3N4O2S/c23-22(24,25)20(26-18(30)10-14-5-2-1-3-6-14)27-21(32)28-11-15-9-16(13-28)17-7-4-8-19(31)29(17)12-15/h1-8,15-16,20H,9-13H2,(H,26,30)(H,27,32)/t15-,16+,20-/m0/s1. The molecule has 0 saturated carbocycles. The number of pyridine rings is 1. The van der Waals surface area contributed by atoms with Gasteiger partial charge in [0, 0.05) is 37.3 Å². The second-order valence-corrected chi connectivity index (χ2v) is 11.0. The molecule has 1 fully saturated rings. The summed E-state index contributed by atoms with van der Waals surface area (Å²) in [5, 5.41) is 6.18. The summed E-state index contributed by atoms with van der Waals surface area (Å²) in [6.45, 7) is 2.00. The number of likely N-dealkylation sites (tertiary alicyclic amines) is 1. The van der Waals surface area contributed by atoms with Crippen molar-refractivity contribution in [3.8, 4) is 0 Å². The monoisotopic (exact) mass is 512 g/mol. The van der Waals surface area contributed by atoms with Crippen LogP contribution in [0.4, 0.5) is 0 Å². The molecule has 3 heterocycles. The number of thiocarbonyl (C=S) groups is 1. The van der Waals surface area contributed by atoms with Crippen molar-refractivity contribution >= 4 is 58.0 Å². The lowest BCUT2D eigenvalue weighted by atomic mass is 9.83. The number of carbonyl (C=O) groups is 1. The predicted molar refractivity (Wildman–Crippen MR) is 131 cm³/mol. The molecule has 2 aliphatic rings. The first-order valence-corrected chi connectivity index (χ1v) is 11.9. The number of aromatic nitrogens is 1. The van der Waals surface area contributed by atoms with Crippen LogP contribution in [0.15, 0.2) is 53.3 Å². The Morgan fingerprint density at radius 2 is 1.81 bits per heavy atom. The normalized spacial score (nSPS) is 20.8. The van der Waals surface area contributed by atoms with Gasteiger partial charge in [-0.15, -0.1) is 0 Å². The van der Waals surface area contributed by atoms with Gasteiger partial charge in [-0.05, 0) is 36.2 Å². The summed E-state index contributed by atoms with van der Waals surface area (Å²) in [6.07, 6.45) is 0.170. The van der Waals surface area contributed by atoms with Gasteiger partial charge in [-0.3, -0.25) is 9.59 Å². The highest BCUT2D eigenvalue weighted by Crippen LogP contribution is 2.35. The summed E-state index contributed by atoms with van der Waals surface area (Å²) >= 11 is 24.1. The van der Waals surface area contributed by atoms with Crippen LogP contribution in [0.2, 0.25) is 0 Å². The molecule has 170 valence electrons. The van der Waals surface area contributed by atoms with Crippen LogP contribution in [0.25, 0.3) is 0 Å². The number of hydrogen-bond acceptors (Lipinski definition) is 3. The Bertz CT molecular complexity index is 1060. The van der Waals surface area contributed by atoms with Gasteiger partial charge in [-0.25, -0.2) is 0 Å². The Morgan fingerprint density at radius 3 is 2.53 bits per heavy atom. The van der Waals surface area contributed by atoms with Crippen molar-refractivity contribution < 1.29 is 4.79 Å². The Kier molecular flexibility index (Phi) is 7.00. The molecular formula is C22H23Cl3N4O2S. The molecule has 1 aromatic carbocycles. The third-order valence-corrected chi connectivity index (χ3v) is 6.91. The summed E-state index contributed by atoms with van der Waals surface area (Å²) in [5.41, 5.74) is 1.91. The highest BCUT2D eigenvalue weighted by atomic mass is 35.6. The number of rotatable bonds is 4. The SMILES string of the molecule is O=C(Cc1ccccc1)N[C@@H](NC(=S)N1C[C@@H]2C[C@H](C1)c1cccc(=O)n1C2)C(Cl)(Cl)Cl. The minimum Gasteiger partial charge on any atom is -0.348 e. The van der Waals surface area contributed by atoms with Crippen LogP contribution in [0.5, 0.6) is 0 Å². The lowest BCUT2D eigenvalue weighted by molar-refractivity contribution is -0.121. The second-order valence-electron chi connectivity index (χ2n) is 8.26. The van der Waals surface area contributed by atoms with Crippen molar-refractivity contribution in [3.05, 3.63) is 70.1 Å². The number of hydrogen-bond donors (Lipinski definition) is 2. The number of fused-ring (bicyclic) bond motifs is 4. The maximum absolute atomic E-state index is 12.5. The van der Waals surface area contributed by atoms with Gasteiger partial charge in [0.25, 0.3) is 5.56 Å². The highest BCUT2D eigenvalue weighted by Gasteiger charge is 2.38. The van der Waals surface area contributed by atoms with Crippen LogP contribution < -0.4 is 16.2 Å². The van der Waals surface area contributed by atoms with Crippen LogP contribution in [0, 0.1) is 5.92 Å². The maximum atomic E-state index is 12.5. The van der Waals surface area contributed by atoms with Gasteiger partial charge in [0.1, 0.15) is 6.17 Å². The molecule has 10 heteroatoms. The number of nitrogens with zero attached hydrogens (tertiary/aromatic N) is 2. The molecule has 1 aromatic heterocycles. The Labute approximate surface area is 206 Å². The predicted octanol–water partition coefficient (Wildman–Crippen LogP) is 3.20. The summed E-state index contributed by atoms with van der Waals surface area (Å²) in [5.74, 6) is 0.196. The van der Waals surface area contributed by atoms with Gasteiger partial charge >= 0.3 is 0 Å². The van der Waals surface area contributed by atoms with Crippen LogP contribution in [0.3, 0.4) is 0 Å². The van der Waals surface area contributed by atoms with E-state index < -0.39 is 9.96 Å². The van der Waals surface area contributed by atoms with Gasteiger partial charge in [0.15, 0.2) is 5.11 Å². The number of benzene rings is 1. The largest absolute Gasteiger partial charge is 0.348 e. The van der Waals surface area contributed by atoms with E-state index in [-0.39, 0.29) is 23.8 Å². The zero-order valence-corrected chi connectivity index (χ0v) is 20.2. The molecule has 3 atom stereocenters. The number of piperidine rings is 1. The number of alkyl halides is 3. The van der Waals surface area contributed by atoms with Gasteiger partial charge in [0.05, 0.1) is 6.42 Å². The lowest BCUT2D eigenvalue weighted by Gasteiger charge is -2.44. The van der Waals surface area contributed by atoms with Gasteiger partial charge < -0.3 is 20.1 Å². The highest BCUT2D eigenvalue weighted by molar-refractivity contribution is 7.80. The Morgan fingerprint density at radius 1 is 1.06 bits per heavy atom. The van der Waals surface area contributed by atoms with Crippen molar-refractivity contribution in [1.29, 1.82) is 0 Å². The topological polar surface area (TPSA) is 66.4 Å². The molecule has 0 spiro atoms. The van der Waals surface area contributed by atoms with Crippen molar-refractivity contribution in [2.75, 3.05) is 13.1 Å². The van der Waals surface area contributed by atoms with E-state index in [1.165, 1.54) is 0 Å². The van der Waals surface area contributed by atoms with Crippen LogP contribution in [0.1, 0.15) is 23.6 Å². The number of amides is 1. The fourth-order valence-electron chi connectivity index (χ4n) is 4.47. The molecule has 6 nitrogen and oxygen atoms in total. The molecule has 2 N–H and O–H groups in total. The summed E-state index contributed by atoms with van der Waals surface area (Å²) < 4.78 is 0.0581. The van der Waals surface area contributed by atoms with Gasteiger partial charge in [0.2, 0.25) is 9.70 Å². The molecule has 2 bridgehead atoms. The second kappa shape index (κ2) is 9.59. The van der Waals surface area contributed by atoms with Gasteiger partial charge in [-0.1, -0.05) is 71.2 Å². The van der Waals surface area contributed by atoms with Crippen LogP contribution in [-0.2, 0) is 17.8 Å². The first kappa shape index (κ1) is 23.4. The van der Waals surface area contributed by atoms with E-state index in [1.807, 2.05) is 45.9 Å². The molecule has 4 rings (SSSR count). The third-order valence-electron chi connectivity index (χ3n) is 5.87. The first-order valence-electron chi connectivity index (χ1n) is 10.4. The van der Waals surface area contributed by atoms with E-state index in [4.69, 9.17) is 47.0 Å². The smallest absolute Gasteiger partial charge is 0.250 e. The molecule has 2 aliphatic heterocycles. The van der Waals surface area contributed by atoms with E-state index in [0.717, 1.165) is 17.7 Å². The average Bonchev–Trinajstić information content (AvgIpc) is 2.74. The minimum absolute atomic E-state index is 0.0312. The fraction of sp³-hybridized carbons (Fsp3) is 0.409. The van der Waals surface area contributed by atoms with Crippen LogP contribution >= 0.6 is 47.0 Å². The molecule has 32 heavy (non-hydrogen) atoms. The van der Waals surface area contributed by atoms with E-state index >= 15 is 0 Å². The number of halogens is 3. The molecule has 1 saturated heterocycles. The number of nitrogens with one attached hydrogen (secondary N) is 2. The molecule has 1 amide bonds. The zero-order chi connectivity index (χ0) is 22.9. The average molecular weight is 514 g/mol. The van der Waals surface area contributed by atoms with Crippen molar-refractivity contribution in [2.24, 2.45) is 5.92 Å². The maximum Gasteiger partial charge on any atom is 0.250 e. The van der Waals surface area contributed by atoms with Crippen molar-refractivity contribution in [3.63, 3.8) is 0 Å². The van der Waals surface area contributed by atoms with E-state index in [1.54, 1.807) is 12.1 Å². The summed E-state index contributed by atoms with van der Waals surface area (Å²) in [4.78, 5) is 26.8. The quantitative estimate of drug-likeness (QED) is 0.373. The zero-order valence-electron chi connectivity index (χ0n) is 17.1. The Hall–Kier alpha value is -1.80. The number of carbonyl (C=O) groups excluding carboxylic acids is 1. The minimum atomic E-state index is -1.80. The van der Waals surface area contributed by atoms with E-state index in [0.29, 0.717) is 30.7 Å². The van der Waals surface area contributed by atoms with Gasteiger partial charge in [-0.2, -0.15) is 0 Å².